The lowest BCUT2D eigenvalue weighted by atomic mass is 9.97. The quantitative estimate of drug-likeness (QED) is 0.726. The standard InChI is InChI=1S/C21H25N3O3/c1-6-13-9-17(21(26)27)20(25)22-19(13)16-10-14-8-15(11-23(3)4)24(5)18(14)7-12(16)2/h7-10H,6,11H2,1-5H3,(H,22,25)(H,26,27). The van der Waals surface area contributed by atoms with Gasteiger partial charge in [-0.25, -0.2) is 4.79 Å². The normalized spacial score (nSPS) is 11.5. The van der Waals surface area contributed by atoms with Crippen molar-refractivity contribution >= 4 is 16.9 Å². The molecule has 0 aliphatic rings. The smallest absolute Gasteiger partial charge is 0.341 e. The Labute approximate surface area is 158 Å². The predicted octanol–water partition coefficient (Wildman–Crippen LogP) is 3.16. The lowest BCUT2D eigenvalue weighted by Crippen LogP contribution is -2.19. The van der Waals surface area contributed by atoms with Crippen molar-refractivity contribution in [2.45, 2.75) is 26.8 Å². The molecule has 2 N–H and O–H groups in total. The van der Waals surface area contributed by atoms with E-state index in [9.17, 15) is 14.7 Å². The number of hydrogen-bond acceptors (Lipinski definition) is 3. The van der Waals surface area contributed by atoms with Crippen LogP contribution in [0.25, 0.3) is 22.2 Å². The maximum absolute atomic E-state index is 12.2. The van der Waals surface area contributed by atoms with E-state index in [1.165, 1.54) is 11.8 Å². The SMILES string of the molecule is CCc1cc(C(=O)O)c(=O)[nH]c1-c1cc2cc(CN(C)C)n(C)c2cc1C. The summed E-state index contributed by atoms with van der Waals surface area (Å²) in [5, 5.41) is 10.3. The molecule has 27 heavy (non-hydrogen) atoms. The van der Waals surface area contributed by atoms with E-state index in [1.54, 1.807) is 0 Å². The van der Waals surface area contributed by atoms with Crippen LogP contribution in [0.1, 0.15) is 34.1 Å². The fourth-order valence-electron chi connectivity index (χ4n) is 3.54. The van der Waals surface area contributed by atoms with Gasteiger partial charge in [0.1, 0.15) is 5.56 Å². The van der Waals surface area contributed by atoms with E-state index in [-0.39, 0.29) is 5.56 Å². The molecular weight excluding hydrogens is 342 g/mol. The third-order valence-electron chi connectivity index (χ3n) is 4.97. The number of hydrogen-bond donors (Lipinski definition) is 2. The molecular formula is C21H25N3O3. The van der Waals surface area contributed by atoms with E-state index >= 15 is 0 Å². The highest BCUT2D eigenvalue weighted by atomic mass is 16.4. The Kier molecular flexibility index (Phi) is 4.93. The molecule has 0 amide bonds. The first-order chi connectivity index (χ1) is 12.7. The van der Waals surface area contributed by atoms with Gasteiger partial charge in [0, 0.05) is 35.8 Å². The molecule has 0 aliphatic carbocycles. The van der Waals surface area contributed by atoms with Gasteiger partial charge in [-0.1, -0.05) is 6.92 Å². The van der Waals surface area contributed by atoms with Crippen molar-refractivity contribution in [3.05, 3.63) is 57.0 Å². The molecule has 0 unspecified atom stereocenters. The number of aromatic nitrogens is 2. The predicted molar refractivity (Wildman–Crippen MR) is 107 cm³/mol. The van der Waals surface area contributed by atoms with Crippen molar-refractivity contribution in [3.8, 4) is 11.3 Å². The third-order valence-corrected chi connectivity index (χ3v) is 4.97. The molecule has 3 rings (SSSR count). The second-order valence-electron chi connectivity index (χ2n) is 7.23. The number of pyridine rings is 1. The van der Waals surface area contributed by atoms with Crippen LogP contribution in [0.3, 0.4) is 0 Å². The van der Waals surface area contributed by atoms with Crippen LogP contribution in [0.4, 0.5) is 0 Å². The Hall–Kier alpha value is -2.86. The summed E-state index contributed by atoms with van der Waals surface area (Å²) in [4.78, 5) is 28.4. The van der Waals surface area contributed by atoms with Crippen LogP contribution in [-0.4, -0.2) is 39.6 Å². The number of aryl methyl sites for hydroxylation is 3. The molecule has 142 valence electrons. The van der Waals surface area contributed by atoms with E-state index in [4.69, 9.17) is 0 Å². The molecule has 6 heteroatoms. The van der Waals surface area contributed by atoms with Crippen LogP contribution in [0.5, 0.6) is 0 Å². The number of H-pyrrole nitrogens is 1. The van der Waals surface area contributed by atoms with Crippen LogP contribution in [0, 0.1) is 6.92 Å². The first-order valence-electron chi connectivity index (χ1n) is 8.96. The van der Waals surface area contributed by atoms with Crippen LogP contribution in [0.2, 0.25) is 0 Å². The summed E-state index contributed by atoms with van der Waals surface area (Å²) in [5.74, 6) is -1.21. The van der Waals surface area contributed by atoms with Crippen molar-refractivity contribution < 1.29 is 9.90 Å². The number of rotatable bonds is 5. The summed E-state index contributed by atoms with van der Waals surface area (Å²) in [6.07, 6.45) is 0.630. The summed E-state index contributed by atoms with van der Waals surface area (Å²) in [6.45, 7) is 4.80. The van der Waals surface area contributed by atoms with E-state index in [0.717, 1.165) is 34.1 Å². The highest BCUT2D eigenvalue weighted by Crippen LogP contribution is 2.31. The average molecular weight is 367 g/mol. The van der Waals surface area contributed by atoms with Gasteiger partial charge in [-0.2, -0.15) is 0 Å². The van der Waals surface area contributed by atoms with Crippen molar-refractivity contribution in [1.82, 2.24) is 14.5 Å². The van der Waals surface area contributed by atoms with Crippen LogP contribution < -0.4 is 5.56 Å². The number of fused-ring (bicyclic) bond motifs is 1. The lowest BCUT2D eigenvalue weighted by Gasteiger charge is -2.13. The van der Waals surface area contributed by atoms with E-state index in [0.29, 0.717) is 12.1 Å². The maximum Gasteiger partial charge on any atom is 0.341 e. The van der Waals surface area contributed by atoms with Crippen LogP contribution in [0.15, 0.2) is 29.1 Å². The highest BCUT2D eigenvalue weighted by Gasteiger charge is 2.17. The molecule has 0 aliphatic heterocycles. The molecule has 0 fully saturated rings. The zero-order valence-electron chi connectivity index (χ0n) is 16.4. The number of carboxylic acid groups (broad SMARTS) is 1. The summed E-state index contributed by atoms with van der Waals surface area (Å²) in [7, 11) is 6.13. The molecule has 0 radical (unpaired) electrons. The van der Waals surface area contributed by atoms with E-state index in [2.05, 4.69) is 39.7 Å². The Bertz CT molecular complexity index is 1090. The Morgan fingerprint density at radius 2 is 1.93 bits per heavy atom. The number of aromatic amines is 1. The molecule has 0 saturated carbocycles. The Morgan fingerprint density at radius 1 is 1.22 bits per heavy atom. The first-order valence-corrected chi connectivity index (χ1v) is 8.96. The molecule has 2 heterocycles. The molecule has 2 aromatic heterocycles. The number of nitrogens with zero attached hydrogens (tertiary/aromatic N) is 2. The minimum atomic E-state index is -1.21. The fourth-order valence-corrected chi connectivity index (χ4v) is 3.54. The summed E-state index contributed by atoms with van der Waals surface area (Å²) >= 11 is 0. The van der Waals surface area contributed by atoms with Gasteiger partial charge in [0.25, 0.3) is 5.56 Å². The topological polar surface area (TPSA) is 78.3 Å². The van der Waals surface area contributed by atoms with Gasteiger partial charge < -0.3 is 19.6 Å². The van der Waals surface area contributed by atoms with Gasteiger partial charge in [-0.05, 0) is 62.8 Å². The van der Waals surface area contributed by atoms with Gasteiger partial charge in [0.2, 0.25) is 0 Å². The summed E-state index contributed by atoms with van der Waals surface area (Å²) in [6, 6.07) is 7.84. The largest absolute Gasteiger partial charge is 0.477 e. The van der Waals surface area contributed by atoms with E-state index in [1.807, 2.05) is 27.9 Å². The van der Waals surface area contributed by atoms with Crippen LogP contribution in [-0.2, 0) is 20.0 Å². The zero-order chi connectivity index (χ0) is 19.9. The molecule has 0 bridgehead atoms. The van der Waals surface area contributed by atoms with Crippen molar-refractivity contribution in [2.75, 3.05) is 14.1 Å². The van der Waals surface area contributed by atoms with Gasteiger partial charge in [-0.15, -0.1) is 0 Å². The number of carboxylic acids is 1. The second kappa shape index (κ2) is 7.04. The number of benzene rings is 1. The Balaban J connectivity index is 2.23. The first kappa shape index (κ1) is 18.9. The van der Waals surface area contributed by atoms with Crippen molar-refractivity contribution in [2.24, 2.45) is 7.05 Å². The number of nitrogens with one attached hydrogen (secondary N) is 1. The van der Waals surface area contributed by atoms with Gasteiger partial charge in [0.15, 0.2) is 0 Å². The van der Waals surface area contributed by atoms with Gasteiger partial charge >= 0.3 is 5.97 Å². The maximum atomic E-state index is 12.2. The Morgan fingerprint density at radius 3 is 2.52 bits per heavy atom. The zero-order valence-corrected chi connectivity index (χ0v) is 16.4. The summed E-state index contributed by atoms with van der Waals surface area (Å²) in [5.41, 5.74) is 5.03. The minimum absolute atomic E-state index is 0.220. The van der Waals surface area contributed by atoms with Crippen LogP contribution >= 0.6 is 0 Å². The third kappa shape index (κ3) is 3.40. The molecule has 1 aromatic carbocycles. The molecule has 0 saturated heterocycles. The monoisotopic (exact) mass is 367 g/mol. The van der Waals surface area contributed by atoms with Gasteiger partial charge in [-0.3, -0.25) is 4.79 Å². The van der Waals surface area contributed by atoms with E-state index < -0.39 is 11.5 Å². The molecule has 0 spiro atoms. The molecule has 0 atom stereocenters. The number of carbonyl (C=O) groups is 1. The summed E-state index contributed by atoms with van der Waals surface area (Å²) < 4.78 is 2.18. The average Bonchev–Trinajstić information content (AvgIpc) is 2.88. The van der Waals surface area contributed by atoms with Gasteiger partial charge in [0.05, 0.1) is 5.69 Å². The molecule has 3 aromatic rings. The number of aromatic carboxylic acids is 1. The fraction of sp³-hybridized carbons (Fsp3) is 0.333. The molecule has 6 nitrogen and oxygen atoms in total. The van der Waals surface area contributed by atoms with Crippen molar-refractivity contribution in [3.63, 3.8) is 0 Å². The minimum Gasteiger partial charge on any atom is -0.477 e. The van der Waals surface area contributed by atoms with Crippen molar-refractivity contribution in [1.29, 1.82) is 0 Å². The lowest BCUT2D eigenvalue weighted by molar-refractivity contribution is 0.0695. The highest BCUT2D eigenvalue weighted by molar-refractivity contribution is 5.90. The second-order valence-corrected chi connectivity index (χ2v) is 7.23.